The van der Waals surface area contributed by atoms with Crippen LogP contribution >= 0.6 is 0 Å². The van der Waals surface area contributed by atoms with Gasteiger partial charge in [-0.1, -0.05) is 36.4 Å². The number of hydrogen-bond donors (Lipinski definition) is 3. The predicted molar refractivity (Wildman–Crippen MR) is 88.4 cm³/mol. The molecule has 0 fully saturated rings. The van der Waals surface area contributed by atoms with Crippen LogP contribution in [0.2, 0.25) is 0 Å². The fraction of sp³-hybridized carbons (Fsp3) is 0.333. The fourth-order valence-corrected chi connectivity index (χ4v) is 2.59. The zero-order valence-electron chi connectivity index (χ0n) is 12.9. The van der Waals surface area contributed by atoms with Crippen molar-refractivity contribution in [3.8, 4) is 11.5 Å². The molecule has 23 heavy (non-hydrogen) atoms. The van der Waals surface area contributed by atoms with Gasteiger partial charge in [0.25, 0.3) is 0 Å². The average molecular weight is 314 g/mol. The molecule has 0 spiro atoms. The summed E-state index contributed by atoms with van der Waals surface area (Å²) in [4.78, 5) is 0. The fourth-order valence-electron chi connectivity index (χ4n) is 2.59. The molecule has 2 aromatic rings. The van der Waals surface area contributed by atoms with Gasteiger partial charge in [0.2, 0.25) is 6.79 Å². The van der Waals surface area contributed by atoms with Gasteiger partial charge in [-0.3, -0.25) is 0 Å². The molecule has 0 aromatic heterocycles. The van der Waals surface area contributed by atoms with E-state index in [9.17, 15) is 5.11 Å². The molecule has 2 aromatic carbocycles. The molecule has 1 unspecified atom stereocenters. The van der Waals surface area contributed by atoms with Gasteiger partial charge in [-0.15, -0.1) is 0 Å². The SMILES string of the molecule is NC(Cc1ccccc1)[C@H](O)CNCc1ccc2c(c1)OCO2. The lowest BCUT2D eigenvalue weighted by Gasteiger charge is -2.19. The van der Waals surface area contributed by atoms with Crippen molar-refractivity contribution >= 4 is 0 Å². The minimum Gasteiger partial charge on any atom is -0.454 e. The van der Waals surface area contributed by atoms with Crippen molar-refractivity contribution in [1.82, 2.24) is 5.32 Å². The minimum atomic E-state index is -0.593. The molecule has 0 radical (unpaired) electrons. The van der Waals surface area contributed by atoms with Crippen LogP contribution in [-0.4, -0.2) is 30.6 Å². The molecular formula is C18H22N2O3. The second kappa shape index (κ2) is 7.46. The molecule has 5 heteroatoms. The van der Waals surface area contributed by atoms with Crippen LogP contribution in [0.15, 0.2) is 48.5 Å². The number of nitrogens with two attached hydrogens (primary N) is 1. The summed E-state index contributed by atoms with van der Waals surface area (Å²) in [5.74, 6) is 1.55. The maximum atomic E-state index is 10.2. The van der Waals surface area contributed by atoms with Gasteiger partial charge in [-0.05, 0) is 29.7 Å². The lowest BCUT2D eigenvalue weighted by Crippen LogP contribution is -2.42. The van der Waals surface area contributed by atoms with E-state index in [-0.39, 0.29) is 12.8 Å². The van der Waals surface area contributed by atoms with E-state index in [1.807, 2.05) is 48.5 Å². The van der Waals surface area contributed by atoms with Gasteiger partial charge in [0, 0.05) is 19.1 Å². The number of aliphatic hydroxyl groups is 1. The number of ether oxygens (including phenoxy) is 2. The molecule has 5 nitrogen and oxygen atoms in total. The normalized spacial score (nSPS) is 15.4. The Morgan fingerprint density at radius 1 is 1.04 bits per heavy atom. The third kappa shape index (κ3) is 4.22. The van der Waals surface area contributed by atoms with E-state index in [0.717, 1.165) is 22.6 Å². The molecule has 0 saturated carbocycles. The Hall–Kier alpha value is -2.08. The van der Waals surface area contributed by atoms with Gasteiger partial charge in [-0.25, -0.2) is 0 Å². The highest BCUT2D eigenvalue weighted by Crippen LogP contribution is 2.32. The number of nitrogens with one attached hydrogen (secondary N) is 1. The van der Waals surface area contributed by atoms with Crippen molar-refractivity contribution in [2.75, 3.05) is 13.3 Å². The quantitative estimate of drug-likeness (QED) is 0.721. The summed E-state index contributed by atoms with van der Waals surface area (Å²) in [5.41, 5.74) is 8.29. The first-order valence-electron chi connectivity index (χ1n) is 7.79. The maximum Gasteiger partial charge on any atom is 0.231 e. The maximum absolute atomic E-state index is 10.2. The van der Waals surface area contributed by atoms with Crippen molar-refractivity contribution in [3.63, 3.8) is 0 Å². The van der Waals surface area contributed by atoms with Crippen molar-refractivity contribution in [2.45, 2.75) is 25.1 Å². The van der Waals surface area contributed by atoms with Crippen molar-refractivity contribution in [3.05, 3.63) is 59.7 Å². The van der Waals surface area contributed by atoms with E-state index >= 15 is 0 Å². The lowest BCUT2D eigenvalue weighted by molar-refractivity contribution is 0.141. The van der Waals surface area contributed by atoms with Crippen LogP contribution in [0.5, 0.6) is 11.5 Å². The highest BCUT2D eigenvalue weighted by atomic mass is 16.7. The molecule has 1 heterocycles. The summed E-state index contributed by atoms with van der Waals surface area (Å²) in [5, 5.41) is 13.4. The first-order valence-corrected chi connectivity index (χ1v) is 7.79. The first-order chi connectivity index (χ1) is 11.2. The molecular weight excluding hydrogens is 292 g/mol. The van der Waals surface area contributed by atoms with Crippen LogP contribution in [0.4, 0.5) is 0 Å². The zero-order valence-corrected chi connectivity index (χ0v) is 12.9. The molecule has 3 rings (SSSR count). The molecule has 1 aliphatic heterocycles. The van der Waals surface area contributed by atoms with E-state index in [4.69, 9.17) is 15.2 Å². The Morgan fingerprint density at radius 2 is 1.83 bits per heavy atom. The van der Waals surface area contributed by atoms with Crippen molar-refractivity contribution in [1.29, 1.82) is 0 Å². The Balaban J connectivity index is 1.44. The van der Waals surface area contributed by atoms with Crippen LogP contribution in [0.1, 0.15) is 11.1 Å². The van der Waals surface area contributed by atoms with Crippen molar-refractivity contribution in [2.24, 2.45) is 5.73 Å². The summed E-state index contributed by atoms with van der Waals surface area (Å²) in [6, 6.07) is 15.5. The Bertz CT molecular complexity index is 633. The van der Waals surface area contributed by atoms with Crippen LogP contribution in [0, 0.1) is 0 Å². The van der Waals surface area contributed by atoms with Crippen LogP contribution in [0.25, 0.3) is 0 Å². The van der Waals surface area contributed by atoms with Gasteiger partial charge in [0.1, 0.15) is 0 Å². The monoisotopic (exact) mass is 314 g/mol. The van der Waals surface area contributed by atoms with E-state index in [2.05, 4.69) is 5.32 Å². The van der Waals surface area contributed by atoms with E-state index in [0.29, 0.717) is 19.5 Å². The highest BCUT2D eigenvalue weighted by molar-refractivity contribution is 5.44. The minimum absolute atomic E-state index is 0.277. The first kappa shape index (κ1) is 15.8. The topological polar surface area (TPSA) is 76.7 Å². The zero-order chi connectivity index (χ0) is 16.1. The second-order valence-electron chi connectivity index (χ2n) is 5.74. The van der Waals surface area contributed by atoms with Crippen LogP contribution < -0.4 is 20.5 Å². The number of aliphatic hydroxyl groups excluding tert-OH is 1. The van der Waals surface area contributed by atoms with E-state index < -0.39 is 6.10 Å². The largest absolute Gasteiger partial charge is 0.454 e. The summed E-state index contributed by atoms with van der Waals surface area (Å²) in [7, 11) is 0. The Kier molecular flexibility index (Phi) is 5.12. The number of hydrogen-bond acceptors (Lipinski definition) is 5. The Labute approximate surface area is 136 Å². The van der Waals surface area contributed by atoms with Gasteiger partial charge in [0.05, 0.1) is 6.10 Å². The van der Waals surface area contributed by atoms with Gasteiger partial charge < -0.3 is 25.6 Å². The van der Waals surface area contributed by atoms with E-state index in [1.54, 1.807) is 0 Å². The van der Waals surface area contributed by atoms with Crippen molar-refractivity contribution < 1.29 is 14.6 Å². The number of benzene rings is 2. The summed E-state index contributed by atoms with van der Waals surface area (Å²) >= 11 is 0. The Morgan fingerprint density at radius 3 is 2.65 bits per heavy atom. The molecule has 0 amide bonds. The smallest absolute Gasteiger partial charge is 0.231 e. The molecule has 1 aliphatic rings. The summed E-state index contributed by atoms with van der Waals surface area (Å²) in [6.07, 6.45) is 0.0671. The number of fused-ring (bicyclic) bond motifs is 1. The molecule has 0 bridgehead atoms. The van der Waals surface area contributed by atoms with Gasteiger partial charge in [0.15, 0.2) is 11.5 Å². The molecule has 4 N–H and O–H groups in total. The van der Waals surface area contributed by atoms with Crippen LogP contribution in [-0.2, 0) is 13.0 Å². The predicted octanol–water partition coefficient (Wildman–Crippen LogP) is 1.44. The third-order valence-electron chi connectivity index (χ3n) is 3.93. The number of rotatable bonds is 7. The highest BCUT2D eigenvalue weighted by Gasteiger charge is 2.16. The molecule has 2 atom stereocenters. The molecule has 0 aliphatic carbocycles. The third-order valence-corrected chi connectivity index (χ3v) is 3.93. The van der Waals surface area contributed by atoms with E-state index in [1.165, 1.54) is 0 Å². The summed E-state index contributed by atoms with van der Waals surface area (Å²) in [6.45, 7) is 1.37. The molecule has 122 valence electrons. The average Bonchev–Trinajstić information content (AvgIpc) is 3.03. The summed E-state index contributed by atoms with van der Waals surface area (Å²) < 4.78 is 10.6. The second-order valence-corrected chi connectivity index (χ2v) is 5.74. The van der Waals surface area contributed by atoms with Crippen LogP contribution in [0.3, 0.4) is 0 Å². The molecule has 0 saturated heterocycles. The van der Waals surface area contributed by atoms with Gasteiger partial charge in [-0.2, -0.15) is 0 Å². The lowest BCUT2D eigenvalue weighted by atomic mass is 10.0. The standard InChI is InChI=1S/C18H22N2O3/c19-15(8-13-4-2-1-3-5-13)16(21)11-20-10-14-6-7-17-18(9-14)23-12-22-17/h1-7,9,15-16,20-21H,8,10-12,19H2/t15?,16-/m1/s1. The van der Waals surface area contributed by atoms with Gasteiger partial charge >= 0.3 is 0 Å².